The molecule has 5 rings (SSSR count). The second kappa shape index (κ2) is 8.39. The average molecular weight is 469 g/mol. The van der Waals surface area contributed by atoms with Crippen LogP contribution in [-0.2, 0) is 16.6 Å². The number of imidazole rings is 1. The van der Waals surface area contributed by atoms with Crippen molar-refractivity contribution in [2.45, 2.75) is 37.3 Å². The van der Waals surface area contributed by atoms with E-state index < -0.39 is 10.0 Å². The van der Waals surface area contributed by atoms with Crippen molar-refractivity contribution >= 4 is 32.5 Å². The van der Waals surface area contributed by atoms with E-state index in [0.717, 1.165) is 24.4 Å². The van der Waals surface area contributed by atoms with Crippen molar-refractivity contribution in [2.75, 3.05) is 13.1 Å². The molecular weight excluding hydrogens is 444 g/mol. The molecule has 166 valence electrons. The SMILES string of the molecule is Cc1c(C2CCN(S(=O)(=O)c3cnc[nH]3)CC2)c2ccccc2n1Cc1ccc(Cl)cc1. The molecule has 0 aliphatic carbocycles. The Bertz CT molecular complexity index is 1340. The molecule has 1 aliphatic heterocycles. The number of rotatable bonds is 5. The lowest BCUT2D eigenvalue weighted by molar-refractivity contribution is 0.319. The van der Waals surface area contributed by atoms with Gasteiger partial charge in [-0.3, -0.25) is 0 Å². The minimum Gasteiger partial charge on any atom is -0.340 e. The maximum absolute atomic E-state index is 12.8. The fourth-order valence-electron chi connectivity index (χ4n) is 4.86. The van der Waals surface area contributed by atoms with E-state index in [4.69, 9.17) is 11.6 Å². The van der Waals surface area contributed by atoms with Crippen LogP contribution in [0.1, 0.15) is 35.6 Å². The Labute approximate surface area is 192 Å². The largest absolute Gasteiger partial charge is 0.340 e. The molecule has 0 spiro atoms. The van der Waals surface area contributed by atoms with Crippen molar-refractivity contribution in [2.24, 2.45) is 0 Å². The van der Waals surface area contributed by atoms with Crippen LogP contribution in [0.3, 0.4) is 0 Å². The molecule has 2 aromatic heterocycles. The summed E-state index contributed by atoms with van der Waals surface area (Å²) in [5.41, 5.74) is 5.00. The molecule has 4 aromatic rings. The van der Waals surface area contributed by atoms with Gasteiger partial charge < -0.3 is 9.55 Å². The molecule has 8 heteroatoms. The number of hydrogen-bond acceptors (Lipinski definition) is 3. The lowest BCUT2D eigenvalue weighted by Crippen LogP contribution is -2.38. The van der Waals surface area contributed by atoms with Crippen LogP contribution in [0.25, 0.3) is 10.9 Å². The summed E-state index contributed by atoms with van der Waals surface area (Å²) in [7, 11) is -3.52. The number of halogens is 1. The molecule has 32 heavy (non-hydrogen) atoms. The van der Waals surface area contributed by atoms with Gasteiger partial charge in [0.05, 0.1) is 12.5 Å². The van der Waals surface area contributed by atoms with Gasteiger partial charge in [-0.2, -0.15) is 4.31 Å². The van der Waals surface area contributed by atoms with Crippen LogP contribution in [0.15, 0.2) is 66.1 Å². The van der Waals surface area contributed by atoms with Crippen LogP contribution in [0.2, 0.25) is 5.02 Å². The normalized spacial score (nSPS) is 16.1. The second-order valence-electron chi connectivity index (χ2n) is 8.32. The number of sulfonamides is 1. The van der Waals surface area contributed by atoms with Crippen molar-refractivity contribution in [1.82, 2.24) is 18.8 Å². The van der Waals surface area contributed by atoms with Crippen molar-refractivity contribution in [3.63, 3.8) is 0 Å². The summed E-state index contributed by atoms with van der Waals surface area (Å²) in [5, 5.41) is 2.15. The van der Waals surface area contributed by atoms with E-state index in [2.05, 4.69) is 57.9 Å². The van der Waals surface area contributed by atoms with E-state index in [0.29, 0.717) is 19.0 Å². The Morgan fingerprint density at radius 3 is 2.50 bits per heavy atom. The summed E-state index contributed by atoms with van der Waals surface area (Å²) in [6.45, 7) is 3.96. The molecule has 6 nitrogen and oxygen atoms in total. The fraction of sp³-hybridized carbons (Fsp3) is 0.292. The van der Waals surface area contributed by atoms with Gasteiger partial charge in [0.25, 0.3) is 10.0 Å². The van der Waals surface area contributed by atoms with Gasteiger partial charge in [-0.05, 0) is 55.0 Å². The third kappa shape index (κ3) is 3.74. The van der Waals surface area contributed by atoms with Crippen LogP contribution in [0, 0.1) is 6.92 Å². The molecule has 0 bridgehead atoms. The third-order valence-corrected chi connectivity index (χ3v) is 8.56. The summed E-state index contributed by atoms with van der Waals surface area (Å²) in [4.78, 5) is 6.59. The number of benzene rings is 2. The third-order valence-electron chi connectivity index (χ3n) is 6.49. The van der Waals surface area contributed by atoms with Crippen molar-refractivity contribution in [1.29, 1.82) is 0 Å². The molecule has 1 N–H and O–H groups in total. The van der Waals surface area contributed by atoms with E-state index in [1.807, 2.05) is 12.1 Å². The summed E-state index contributed by atoms with van der Waals surface area (Å²) in [5.74, 6) is 0.319. The fourth-order valence-corrected chi connectivity index (χ4v) is 6.35. The molecular formula is C24H25ClN4O2S. The first-order valence-electron chi connectivity index (χ1n) is 10.8. The van der Waals surface area contributed by atoms with Gasteiger partial charge in [0.2, 0.25) is 0 Å². The highest BCUT2D eigenvalue weighted by molar-refractivity contribution is 7.89. The highest BCUT2D eigenvalue weighted by Crippen LogP contribution is 2.38. The maximum atomic E-state index is 12.8. The maximum Gasteiger partial charge on any atom is 0.260 e. The van der Waals surface area contributed by atoms with E-state index in [1.165, 1.54) is 40.2 Å². The quantitative estimate of drug-likeness (QED) is 0.450. The number of nitrogens with one attached hydrogen (secondary N) is 1. The zero-order valence-electron chi connectivity index (χ0n) is 17.8. The Balaban J connectivity index is 1.44. The Morgan fingerprint density at radius 1 is 1.09 bits per heavy atom. The zero-order chi connectivity index (χ0) is 22.3. The van der Waals surface area contributed by atoms with Gasteiger partial charge >= 0.3 is 0 Å². The number of piperidine rings is 1. The Morgan fingerprint density at radius 2 is 1.81 bits per heavy atom. The molecule has 0 saturated carbocycles. The topological polar surface area (TPSA) is 71.0 Å². The number of para-hydroxylation sites is 1. The standard InChI is InChI=1S/C24H25ClN4O2S/c1-17-24(19-10-12-28(13-11-19)32(30,31)23-14-26-16-27-23)21-4-2-3-5-22(21)29(17)15-18-6-8-20(25)9-7-18/h2-9,14,16,19H,10-13,15H2,1H3,(H,26,27). The van der Waals surface area contributed by atoms with Gasteiger partial charge in [-0.1, -0.05) is 41.9 Å². The lowest BCUT2D eigenvalue weighted by atomic mass is 9.88. The molecule has 0 radical (unpaired) electrons. The van der Waals surface area contributed by atoms with Crippen LogP contribution < -0.4 is 0 Å². The van der Waals surface area contributed by atoms with E-state index in [-0.39, 0.29) is 5.03 Å². The smallest absolute Gasteiger partial charge is 0.260 e. The van der Waals surface area contributed by atoms with Crippen molar-refractivity contribution in [3.05, 3.63) is 82.9 Å². The van der Waals surface area contributed by atoms with Crippen LogP contribution >= 0.6 is 11.6 Å². The van der Waals surface area contributed by atoms with Crippen LogP contribution in [0.4, 0.5) is 0 Å². The lowest BCUT2D eigenvalue weighted by Gasteiger charge is -2.31. The molecule has 0 unspecified atom stereocenters. The van der Waals surface area contributed by atoms with E-state index >= 15 is 0 Å². The molecule has 1 aliphatic rings. The average Bonchev–Trinajstić information content (AvgIpc) is 3.44. The zero-order valence-corrected chi connectivity index (χ0v) is 19.4. The number of H-pyrrole nitrogens is 1. The minimum absolute atomic E-state index is 0.159. The van der Waals surface area contributed by atoms with Gasteiger partial charge in [-0.25, -0.2) is 13.4 Å². The number of nitrogens with zero attached hydrogens (tertiary/aromatic N) is 3. The Hall–Kier alpha value is -2.61. The highest BCUT2D eigenvalue weighted by Gasteiger charge is 2.32. The second-order valence-corrected chi connectivity index (χ2v) is 10.7. The van der Waals surface area contributed by atoms with Crippen molar-refractivity contribution in [3.8, 4) is 0 Å². The minimum atomic E-state index is -3.52. The van der Waals surface area contributed by atoms with Gasteiger partial charge in [-0.15, -0.1) is 0 Å². The summed E-state index contributed by atoms with van der Waals surface area (Å²) in [6.07, 6.45) is 4.36. The summed E-state index contributed by atoms with van der Waals surface area (Å²) < 4.78 is 29.6. The van der Waals surface area contributed by atoms with Crippen LogP contribution in [0.5, 0.6) is 0 Å². The van der Waals surface area contributed by atoms with Crippen molar-refractivity contribution < 1.29 is 8.42 Å². The van der Waals surface area contributed by atoms with Gasteiger partial charge in [0, 0.05) is 41.3 Å². The van der Waals surface area contributed by atoms with E-state index in [1.54, 1.807) is 4.31 Å². The monoisotopic (exact) mass is 468 g/mol. The molecule has 2 aromatic carbocycles. The number of fused-ring (bicyclic) bond motifs is 1. The number of aromatic amines is 1. The van der Waals surface area contributed by atoms with Gasteiger partial charge in [0.1, 0.15) is 0 Å². The van der Waals surface area contributed by atoms with Crippen LogP contribution in [-0.4, -0.2) is 40.3 Å². The molecule has 0 amide bonds. The first-order chi connectivity index (χ1) is 15.4. The predicted octanol–water partition coefficient (Wildman–Crippen LogP) is 4.94. The first-order valence-corrected chi connectivity index (χ1v) is 12.6. The molecule has 0 atom stereocenters. The summed E-state index contributed by atoms with van der Waals surface area (Å²) in [6, 6.07) is 16.5. The van der Waals surface area contributed by atoms with Gasteiger partial charge in [0.15, 0.2) is 5.03 Å². The first kappa shape index (κ1) is 21.2. The molecule has 3 heterocycles. The van der Waals surface area contributed by atoms with E-state index in [9.17, 15) is 8.42 Å². The molecule has 1 fully saturated rings. The number of aromatic nitrogens is 3. The number of hydrogen-bond donors (Lipinski definition) is 1. The molecule has 1 saturated heterocycles. The highest BCUT2D eigenvalue weighted by atomic mass is 35.5. The predicted molar refractivity (Wildman–Crippen MR) is 127 cm³/mol. The Kier molecular flexibility index (Phi) is 5.57. The summed E-state index contributed by atoms with van der Waals surface area (Å²) >= 11 is 6.06.